The summed E-state index contributed by atoms with van der Waals surface area (Å²) in [6.07, 6.45) is 0. The van der Waals surface area contributed by atoms with E-state index in [2.05, 4.69) is 8.75 Å². The molecule has 0 spiro atoms. The molecule has 3 aromatic rings. The molecule has 1 aromatic heterocycles. The molecule has 0 fully saturated rings. The number of rotatable bonds is 5. The van der Waals surface area contributed by atoms with E-state index in [1.807, 2.05) is 0 Å². The number of hydrogen-bond acceptors (Lipinski definition) is 6. The van der Waals surface area contributed by atoms with Crippen LogP contribution in [0.5, 0.6) is 0 Å². The van der Waals surface area contributed by atoms with E-state index in [0.29, 0.717) is 11.3 Å². The standard InChI is InChI=1S/C15H12FN3O4S2/c1-2-23-15(20)9-3-5-10(6-4-9)19(25(21)22)12-8-7-11(16)13-14(12)18-24-17-13/h3-8H,2H2,1H3,(H,21,22). The Balaban J connectivity index is 2.04. The third kappa shape index (κ3) is 3.36. The molecule has 1 atom stereocenters. The number of nitrogens with zero attached hydrogens (tertiary/aromatic N) is 3. The zero-order valence-corrected chi connectivity index (χ0v) is 14.5. The Kier molecular flexibility index (Phi) is 5.02. The predicted octanol–water partition coefficient (Wildman–Crippen LogP) is 3.28. The van der Waals surface area contributed by atoms with E-state index in [9.17, 15) is 17.9 Å². The molecule has 0 aliphatic rings. The molecule has 1 unspecified atom stereocenters. The largest absolute Gasteiger partial charge is 0.462 e. The maximum absolute atomic E-state index is 13.8. The molecule has 1 heterocycles. The Morgan fingerprint density at radius 2 is 1.92 bits per heavy atom. The fraction of sp³-hybridized carbons (Fsp3) is 0.133. The van der Waals surface area contributed by atoms with Crippen LogP contribution in [0.25, 0.3) is 11.0 Å². The van der Waals surface area contributed by atoms with Gasteiger partial charge in [0.05, 0.1) is 35.3 Å². The van der Waals surface area contributed by atoms with Crippen LogP contribution in [-0.4, -0.2) is 30.1 Å². The number of benzene rings is 2. The van der Waals surface area contributed by atoms with Crippen molar-refractivity contribution in [2.24, 2.45) is 0 Å². The van der Waals surface area contributed by atoms with Crippen molar-refractivity contribution in [2.45, 2.75) is 6.92 Å². The van der Waals surface area contributed by atoms with Crippen molar-refractivity contribution in [2.75, 3.05) is 10.9 Å². The van der Waals surface area contributed by atoms with Crippen LogP contribution in [-0.2, 0) is 16.0 Å². The van der Waals surface area contributed by atoms with Crippen molar-refractivity contribution in [3.8, 4) is 0 Å². The summed E-state index contributed by atoms with van der Waals surface area (Å²) in [7, 11) is 0. The fourth-order valence-corrected chi connectivity index (χ4v) is 3.42. The molecule has 2 aromatic carbocycles. The minimum Gasteiger partial charge on any atom is -0.462 e. The quantitative estimate of drug-likeness (QED) is 0.539. The Morgan fingerprint density at radius 1 is 1.24 bits per heavy atom. The average molecular weight is 381 g/mol. The molecule has 0 saturated carbocycles. The van der Waals surface area contributed by atoms with Gasteiger partial charge in [-0.25, -0.2) is 17.7 Å². The summed E-state index contributed by atoms with van der Waals surface area (Å²) >= 11 is -1.63. The highest BCUT2D eigenvalue weighted by Gasteiger charge is 2.21. The number of aromatic nitrogens is 2. The number of carbonyl (C=O) groups excluding carboxylic acids is 1. The molecule has 10 heteroatoms. The molecule has 0 aliphatic carbocycles. The van der Waals surface area contributed by atoms with E-state index in [1.165, 1.54) is 30.3 Å². The summed E-state index contributed by atoms with van der Waals surface area (Å²) in [5.74, 6) is -1.05. The Hall–Kier alpha value is -2.43. The van der Waals surface area contributed by atoms with Crippen LogP contribution in [0.1, 0.15) is 17.3 Å². The molecule has 0 aliphatic heterocycles. The third-order valence-corrected chi connectivity index (χ3v) is 4.58. The smallest absolute Gasteiger partial charge is 0.338 e. The average Bonchev–Trinajstić information content (AvgIpc) is 3.08. The third-order valence-electron chi connectivity index (χ3n) is 3.33. The highest BCUT2D eigenvalue weighted by molar-refractivity contribution is 7.81. The van der Waals surface area contributed by atoms with Gasteiger partial charge in [-0.3, -0.25) is 4.55 Å². The van der Waals surface area contributed by atoms with E-state index in [0.717, 1.165) is 22.1 Å². The first-order valence-corrected chi connectivity index (χ1v) is 8.91. The van der Waals surface area contributed by atoms with Crippen molar-refractivity contribution in [1.29, 1.82) is 0 Å². The first-order valence-electron chi connectivity index (χ1n) is 7.12. The second-order valence-corrected chi connectivity index (χ2v) is 6.18. The number of halogens is 1. The molecular formula is C15H12FN3O4S2. The van der Waals surface area contributed by atoms with Gasteiger partial charge in [0.2, 0.25) is 0 Å². The number of esters is 1. The lowest BCUT2D eigenvalue weighted by molar-refractivity contribution is 0.0526. The van der Waals surface area contributed by atoms with Crippen LogP contribution in [0, 0.1) is 5.82 Å². The Bertz CT molecular complexity index is 946. The second kappa shape index (κ2) is 7.21. The maximum Gasteiger partial charge on any atom is 0.338 e. The van der Waals surface area contributed by atoms with Gasteiger partial charge in [0.1, 0.15) is 11.0 Å². The summed E-state index contributed by atoms with van der Waals surface area (Å²) < 4.78 is 49.2. The van der Waals surface area contributed by atoms with Gasteiger partial charge in [-0.15, -0.1) is 0 Å². The number of ether oxygens (including phenoxy) is 1. The number of hydrogen-bond donors (Lipinski definition) is 1. The van der Waals surface area contributed by atoms with Crippen LogP contribution in [0.15, 0.2) is 36.4 Å². The molecule has 0 bridgehead atoms. The summed E-state index contributed by atoms with van der Waals surface area (Å²) in [6, 6.07) is 8.46. The molecular weight excluding hydrogens is 369 g/mol. The minimum atomic E-state index is -2.44. The first kappa shape index (κ1) is 17.4. The van der Waals surface area contributed by atoms with Crippen molar-refractivity contribution >= 4 is 51.4 Å². The number of fused-ring (bicyclic) bond motifs is 1. The van der Waals surface area contributed by atoms with Crippen molar-refractivity contribution in [3.05, 3.63) is 47.8 Å². The normalized spacial score (nSPS) is 12.1. The van der Waals surface area contributed by atoms with Crippen molar-refractivity contribution in [1.82, 2.24) is 8.75 Å². The van der Waals surface area contributed by atoms with Crippen LogP contribution in [0.2, 0.25) is 0 Å². The molecule has 7 nitrogen and oxygen atoms in total. The highest BCUT2D eigenvalue weighted by atomic mass is 32.2. The van der Waals surface area contributed by atoms with E-state index < -0.39 is 23.1 Å². The van der Waals surface area contributed by atoms with Crippen LogP contribution >= 0.6 is 11.7 Å². The summed E-state index contributed by atoms with van der Waals surface area (Å²) in [5, 5.41) is 0. The molecule has 130 valence electrons. The lowest BCUT2D eigenvalue weighted by Crippen LogP contribution is -2.20. The molecule has 3 rings (SSSR count). The maximum atomic E-state index is 13.8. The van der Waals surface area contributed by atoms with Crippen LogP contribution in [0.4, 0.5) is 15.8 Å². The van der Waals surface area contributed by atoms with Gasteiger partial charge in [0.25, 0.3) is 11.3 Å². The van der Waals surface area contributed by atoms with E-state index in [4.69, 9.17) is 4.74 Å². The SMILES string of the molecule is CCOC(=O)c1ccc(N(c2ccc(F)c3nsnc23)S(=O)O)cc1. The Labute approximate surface area is 148 Å². The van der Waals surface area contributed by atoms with Gasteiger partial charge < -0.3 is 4.74 Å². The monoisotopic (exact) mass is 381 g/mol. The predicted molar refractivity (Wildman–Crippen MR) is 92.7 cm³/mol. The van der Waals surface area contributed by atoms with Gasteiger partial charge >= 0.3 is 5.97 Å². The van der Waals surface area contributed by atoms with E-state index in [-0.39, 0.29) is 23.3 Å². The van der Waals surface area contributed by atoms with E-state index in [1.54, 1.807) is 6.92 Å². The topological polar surface area (TPSA) is 92.6 Å². The molecule has 0 amide bonds. The summed E-state index contributed by atoms with van der Waals surface area (Å²) in [6.45, 7) is 1.95. The Morgan fingerprint density at radius 3 is 2.56 bits per heavy atom. The van der Waals surface area contributed by atoms with Crippen LogP contribution in [0.3, 0.4) is 0 Å². The van der Waals surface area contributed by atoms with Gasteiger partial charge in [-0.05, 0) is 43.3 Å². The number of carbonyl (C=O) groups is 1. The minimum absolute atomic E-state index is 0.0288. The van der Waals surface area contributed by atoms with Gasteiger partial charge in [-0.1, -0.05) is 0 Å². The number of anilines is 2. The zero-order valence-electron chi connectivity index (χ0n) is 12.9. The molecule has 0 radical (unpaired) electrons. The van der Waals surface area contributed by atoms with Crippen LogP contribution < -0.4 is 4.31 Å². The van der Waals surface area contributed by atoms with Gasteiger partial charge in [0, 0.05) is 0 Å². The lowest BCUT2D eigenvalue weighted by Gasteiger charge is -2.20. The zero-order chi connectivity index (χ0) is 18.0. The lowest BCUT2D eigenvalue weighted by atomic mass is 10.2. The molecule has 25 heavy (non-hydrogen) atoms. The van der Waals surface area contributed by atoms with Gasteiger partial charge in [-0.2, -0.15) is 8.75 Å². The van der Waals surface area contributed by atoms with Crippen molar-refractivity contribution in [3.63, 3.8) is 0 Å². The summed E-state index contributed by atoms with van der Waals surface area (Å²) in [4.78, 5) is 11.7. The highest BCUT2D eigenvalue weighted by Crippen LogP contribution is 2.33. The second-order valence-electron chi connectivity index (χ2n) is 4.82. The fourth-order valence-electron chi connectivity index (χ4n) is 2.25. The molecule has 1 N–H and O–H groups in total. The van der Waals surface area contributed by atoms with E-state index >= 15 is 0 Å². The summed E-state index contributed by atoms with van der Waals surface area (Å²) in [5.41, 5.74) is 1.08. The first-order chi connectivity index (χ1) is 12.0. The van der Waals surface area contributed by atoms with Gasteiger partial charge in [0.15, 0.2) is 5.82 Å². The van der Waals surface area contributed by atoms with Crippen molar-refractivity contribution < 1.29 is 22.7 Å². The molecule has 0 saturated heterocycles.